The Morgan fingerprint density at radius 2 is 1.64 bits per heavy atom. The average molecular weight is 308 g/mol. The predicted molar refractivity (Wildman–Crippen MR) is 86.9 cm³/mol. The van der Waals surface area contributed by atoms with Gasteiger partial charge in [0.1, 0.15) is 6.61 Å². The van der Waals surface area contributed by atoms with Gasteiger partial charge in [-0.05, 0) is 38.2 Å². The van der Waals surface area contributed by atoms with Crippen LogP contribution in [0.4, 0.5) is 0 Å². The van der Waals surface area contributed by atoms with E-state index in [1.54, 1.807) is 6.92 Å². The van der Waals surface area contributed by atoms with Crippen LogP contribution in [-0.2, 0) is 25.4 Å². The van der Waals surface area contributed by atoms with Crippen molar-refractivity contribution in [3.05, 3.63) is 35.9 Å². The molecule has 4 nitrogen and oxygen atoms in total. The normalized spacial score (nSPS) is 10.6. The summed E-state index contributed by atoms with van der Waals surface area (Å²) in [5.41, 5.74) is 1.40. The average Bonchev–Trinajstić information content (AvgIpc) is 2.54. The maximum Gasteiger partial charge on any atom is 0.332 e. The molecule has 0 saturated carbocycles. The van der Waals surface area contributed by atoms with Crippen LogP contribution in [0.15, 0.2) is 30.3 Å². The number of carbonyl (C=O) groups excluding carboxylic acids is 1. The highest BCUT2D eigenvalue weighted by Gasteiger charge is 2.00. The fraction of sp³-hybridized carbons (Fsp3) is 0.611. The minimum Gasteiger partial charge on any atom is -0.464 e. The monoisotopic (exact) mass is 308 g/mol. The zero-order chi connectivity index (χ0) is 15.9. The van der Waals surface area contributed by atoms with Crippen molar-refractivity contribution in [3.8, 4) is 0 Å². The maximum atomic E-state index is 11.0. The number of esters is 1. The SMILES string of the molecule is CCOC(=O)COCCCOCCCCCc1ccccc1. The lowest BCUT2D eigenvalue weighted by molar-refractivity contribution is -0.148. The first-order chi connectivity index (χ1) is 10.8. The van der Waals surface area contributed by atoms with E-state index in [0.717, 1.165) is 25.9 Å². The van der Waals surface area contributed by atoms with Crippen molar-refractivity contribution in [1.82, 2.24) is 0 Å². The van der Waals surface area contributed by atoms with E-state index in [1.165, 1.54) is 18.4 Å². The van der Waals surface area contributed by atoms with Gasteiger partial charge >= 0.3 is 5.97 Å². The topological polar surface area (TPSA) is 44.8 Å². The smallest absolute Gasteiger partial charge is 0.332 e. The highest BCUT2D eigenvalue weighted by molar-refractivity contribution is 5.70. The molecule has 1 aromatic rings. The van der Waals surface area contributed by atoms with Crippen LogP contribution in [0, 0.1) is 0 Å². The summed E-state index contributed by atoms with van der Waals surface area (Å²) in [6, 6.07) is 10.6. The third-order valence-corrected chi connectivity index (χ3v) is 3.20. The van der Waals surface area contributed by atoms with Crippen LogP contribution in [0.25, 0.3) is 0 Å². The van der Waals surface area contributed by atoms with Gasteiger partial charge in [0.15, 0.2) is 0 Å². The van der Waals surface area contributed by atoms with Crippen LogP contribution in [0.1, 0.15) is 38.2 Å². The number of unbranched alkanes of at least 4 members (excludes halogenated alkanes) is 2. The molecule has 0 aromatic heterocycles. The molecule has 1 rings (SSSR count). The molecule has 1 aromatic carbocycles. The standard InChI is InChI=1S/C18H28O4/c1-2-22-18(19)16-21-15-9-14-20-13-8-4-7-12-17-10-5-3-6-11-17/h3,5-6,10-11H,2,4,7-9,12-16H2,1H3. The number of ether oxygens (including phenoxy) is 3. The van der Waals surface area contributed by atoms with Crippen molar-refractivity contribution in [2.24, 2.45) is 0 Å². The summed E-state index contributed by atoms with van der Waals surface area (Å²) in [5.74, 6) is -0.304. The van der Waals surface area contributed by atoms with Gasteiger partial charge in [0, 0.05) is 19.8 Å². The quantitative estimate of drug-likeness (QED) is 0.414. The second kappa shape index (κ2) is 13.3. The first kappa shape index (κ1) is 18.7. The number of aryl methyl sites for hydroxylation is 1. The molecule has 0 aliphatic rings. The second-order valence-corrected chi connectivity index (χ2v) is 5.12. The van der Waals surface area contributed by atoms with Crippen molar-refractivity contribution in [2.45, 2.75) is 39.0 Å². The maximum absolute atomic E-state index is 11.0. The van der Waals surface area contributed by atoms with E-state index in [9.17, 15) is 4.79 Å². The van der Waals surface area contributed by atoms with Crippen molar-refractivity contribution in [3.63, 3.8) is 0 Å². The molecular weight excluding hydrogens is 280 g/mol. The zero-order valence-electron chi connectivity index (χ0n) is 13.6. The minimum atomic E-state index is -0.304. The minimum absolute atomic E-state index is 0.0350. The van der Waals surface area contributed by atoms with E-state index in [-0.39, 0.29) is 12.6 Å². The Labute approximate surface area is 133 Å². The van der Waals surface area contributed by atoms with Crippen LogP contribution < -0.4 is 0 Å². The molecule has 0 heterocycles. The van der Waals surface area contributed by atoms with E-state index in [0.29, 0.717) is 19.8 Å². The number of rotatable bonds is 13. The summed E-state index contributed by atoms with van der Waals surface area (Å²) in [6.45, 7) is 4.23. The largest absolute Gasteiger partial charge is 0.464 e. The number of carbonyl (C=O) groups is 1. The van der Waals surface area contributed by atoms with Crippen molar-refractivity contribution in [1.29, 1.82) is 0 Å². The molecule has 0 atom stereocenters. The Hall–Kier alpha value is -1.39. The zero-order valence-corrected chi connectivity index (χ0v) is 13.6. The van der Waals surface area contributed by atoms with Gasteiger partial charge in [-0.2, -0.15) is 0 Å². The van der Waals surface area contributed by atoms with E-state index < -0.39 is 0 Å². The van der Waals surface area contributed by atoms with E-state index >= 15 is 0 Å². The molecule has 4 heteroatoms. The van der Waals surface area contributed by atoms with E-state index in [1.807, 2.05) is 6.07 Å². The molecule has 0 aliphatic heterocycles. The fourth-order valence-electron chi connectivity index (χ4n) is 2.08. The number of hydrogen-bond acceptors (Lipinski definition) is 4. The van der Waals surface area contributed by atoms with Gasteiger partial charge in [0.25, 0.3) is 0 Å². The first-order valence-corrected chi connectivity index (χ1v) is 8.18. The van der Waals surface area contributed by atoms with Crippen LogP contribution >= 0.6 is 0 Å². The second-order valence-electron chi connectivity index (χ2n) is 5.12. The lowest BCUT2D eigenvalue weighted by atomic mass is 10.1. The molecule has 0 saturated heterocycles. The highest BCUT2D eigenvalue weighted by atomic mass is 16.6. The first-order valence-electron chi connectivity index (χ1n) is 8.18. The Morgan fingerprint density at radius 1 is 0.909 bits per heavy atom. The number of hydrogen-bond donors (Lipinski definition) is 0. The molecule has 0 aliphatic carbocycles. The van der Waals surface area contributed by atoms with E-state index in [2.05, 4.69) is 24.3 Å². The Morgan fingerprint density at radius 3 is 2.41 bits per heavy atom. The lowest BCUT2D eigenvalue weighted by Crippen LogP contribution is -2.13. The summed E-state index contributed by atoms with van der Waals surface area (Å²) in [6.07, 6.45) is 5.44. The molecule has 0 unspecified atom stereocenters. The molecule has 22 heavy (non-hydrogen) atoms. The summed E-state index contributed by atoms with van der Waals surface area (Å²) in [7, 11) is 0. The van der Waals surface area contributed by atoms with Crippen molar-refractivity contribution in [2.75, 3.05) is 33.0 Å². The fourth-order valence-corrected chi connectivity index (χ4v) is 2.08. The molecule has 0 fully saturated rings. The van der Waals surface area contributed by atoms with Crippen LogP contribution in [0.5, 0.6) is 0 Å². The van der Waals surface area contributed by atoms with Crippen LogP contribution in [-0.4, -0.2) is 39.0 Å². The van der Waals surface area contributed by atoms with Gasteiger partial charge in [0.2, 0.25) is 0 Å². The van der Waals surface area contributed by atoms with Crippen LogP contribution in [0.3, 0.4) is 0 Å². The summed E-state index contributed by atoms with van der Waals surface area (Å²) in [4.78, 5) is 11.0. The van der Waals surface area contributed by atoms with Gasteiger partial charge in [-0.3, -0.25) is 0 Å². The molecular formula is C18H28O4. The Balaban J connectivity index is 1.79. The Kier molecular flexibility index (Phi) is 11.3. The van der Waals surface area contributed by atoms with Gasteiger partial charge in [-0.1, -0.05) is 36.8 Å². The van der Waals surface area contributed by atoms with Gasteiger partial charge in [-0.15, -0.1) is 0 Å². The summed E-state index contributed by atoms with van der Waals surface area (Å²) < 4.78 is 15.5. The highest BCUT2D eigenvalue weighted by Crippen LogP contribution is 2.06. The summed E-state index contributed by atoms with van der Waals surface area (Å²) >= 11 is 0. The van der Waals surface area contributed by atoms with Crippen molar-refractivity contribution < 1.29 is 19.0 Å². The third-order valence-electron chi connectivity index (χ3n) is 3.20. The van der Waals surface area contributed by atoms with Gasteiger partial charge in [-0.25, -0.2) is 4.79 Å². The third kappa shape index (κ3) is 10.4. The molecule has 0 bridgehead atoms. The van der Waals surface area contributed by atoms with Gasteiger partial charge in [0.05, 0.1) is 6.61 Å². The molecule has 0 radical (unpaired) electrons. The van der Waals surface area contributed by atoms with Crippen molar-refractivity contribution >= 4 is 5.97 Å². The van der Waals surface area contributed by atoms with Crippen LogP contribution in [0.2, 0.25) is 0 Å². The lowest BCUT2D eigenvalue weighted by Gasteiger charge is -2.06. The van der Waals surface area contributed by atoms with E-state index in [4.69, 9.17) is 14.2 Å². The summed E-state index contributed by atoms with van der Waals surface area (Å²) in [5, 5.41) is 0. The Bertz CT molecular complexity index is 378. The predicted octanol–water partition coefficient (Wildman–Crippen LogP) is 3.39. The molecule has 0 amide bonds. The number of benzene rings is 1. The molecule has 0 spiro atoms. The molecule has 0 N–H and O–H groups in total. The van der Waals surface area contributed by atoms with Gasteiger partial charge < -0.3 is 14.2 Å². The molecule has 124 valence electrons.